The van der Waals surface area contributed by atoms with Gasteiger partial charge in [-0.2, -0.15) is 0 Å². The number of ether oxygens (including phenoxy) is 1. The second-order valence-corrected chi connectivity index (χ2v) is 6.89. The molecule has 1 amide bonds. The first-order chi connectivity index (χ1) is 13.5. The number of nitrogens with zero attached hydrogens (tertiary/aromatic N) is 3. The van der Waals surface area contributed by atoms with Gasteiger partial charge in [0.2, 0.25) is 0 Å². The number of rotatable bonds is 6. The Labute approximate surface area is 164 Å². The molecule has 1 saturated heterocycles. The minimum atomic E-state index is -0.469. The van der Waals surface area contributed by atoms with E-state index in [-0.39, 0.29) is 11.6 Å². The van der Waals surface area contributed by atoms with Crippen molar-refractivity contribution >= 4 is 17.3 Å². The van der Waals surface area contributed by atoms with Crippen molar-refractivity contribution in [1.82, 2.24) is 4.90 Å². The molecule has 7 nitrogen and oxygen atoms in total. The highest BCUT2D eigenvalue weighted by atomic mass is 16.6. The second kappa shape index (κ2) is 8.84. The van der Waals surface area contributed by atoms with Crippen molar-refractivity contribution in [3.05, 3.63) is 69.3 Å². The first-order valence-electron chi connectivity index (χ1n) is 9.44. The van der Waals surface area contributed by atoms with Crippen molar-refractivity contribution in [2.75, 3.05) is 38.3 Å². The summed E-state index contributed by atoms with van der Waals surface area (Å²) in [6.45, 7) is 4.99. The number of nitro groups is 1. The molecule has 0 unspecified atom stereocenters. The van der Waals surface area contributed by atoms with E-state index in [1.807, 2.05) is 17.0 Å². The molecule has 0 N–H and O–H groups in total. The van der Waals surface area contributed by atoms with E-state index in [1.165, 1.54) is 17.7 Å². The molecule has 1 heterocycles. The highest BCUT2D eigenvalue weighted by Crippen LogP contribution is 2.28. The Morgan fingerprint density at radius 3 is 2.39 bits per heavy atom. The number of aryl methyl sites for hydroxylation is 1. The van der Waals surface area contributed by atoms with E-state index in [4.69, 9.17) is 4.74 Å². The highest BCUT2D eigenvalue weighted by molar-refractivity contribution is 6.00. The molecule has 2 aromatic rings. The zero-order valence-corrected chi connectivity index (χ0v) is 16.3. The lowest BCUT2D eigenvalue weighted by Gasteiger charge is -2.31. The molecular formula is C21H25N3O4. The summed E-state index contributed by atoms with van der Waals surface area (Å²) < 4.78 is 5.38. The Morgan fingerprint density at radius 2 is 1.79 bits per heavy atom. The van der Waals surface area contributed by atoms with Gasteiger partial charge in [-0.25, -0.2) is 0 Å². The summed E-state index contributed by atoms with van der Waals surface area (Å²) in [7, 11) is 1.72. The topological polar surface area (TPSA) is 75.9 Å². The van der Waals surface area contributed by atoms with Crippen LogP contribution in [-0.2, 0) is 17.7 Å². The van der Waals surface area contributed by atoms with Gasteiger partial charge in [0, 0.05) is 38.8 Å². The fraction of sp³-hybridized carbons (Fsp3) is 0.381. The number of anilines is 1. The van der Waals surface area contributed by atoms with Crippen molar-refractivity contribution < 1.29 is 14.5 Å². The van der Waals surface area contributed by atoms with Gasteiger partial charge in [0.15, 0.2) is 0 Å². The molecular weight excluding hydrogens is 358 g/mol. The predicted octanol–water partition coefficient (Wildman–Crippen LogP) is 3.27. The van der Waals surface area contributed by atoms with Crippen LogP contribution < -0.4 is 4.90 Å². The summed E-state index contributed by atoms with van der Waals surface area (Å²) >= 11 is 0. The van der Waals surface area contributed by atoms with Gasteiger partial charge in [0.05, 0.1) is 29.4 Å². The molecule has 0 radical (unpaired) electrons. The van der Waals surface area contributed by atoms with Gasteiger partial charge in [0.1, 0.15) is 0 Å². The van der Waals surface area contributed by atoms with Gasteiger partial charge < -0.3 is 14.5 Å². The lowest BCUT2D eigenvalue weighted by molar-refractivity contribution is -0.384. The summed E-state index contributed by atoms with van der Waals surface area (Å²) in [6, 6.07) is 12.6. The Bertz CT molecular complexity index is 845. The molecule has 0 aromatic heterocycles. The predicted molar refractivity (Wildman–Crippen MR) is 108 cm³/mol. The average molecular weight is 383 g/mol. The van der Waals surface area contributed by atoms with Crippen molar-refractivity contribution in [2.45, 2.75) is 19.9 Å². The molecule has 0 aliphatic carbocycles. The summed E-state index contributed by atoms with van der Waals surface area (Å²) in [5.74, 6) is -0.232. The number of amides is 1. The summed E-state index contributed by atoms with van der Waals surface area (Å²) in [6.07, 6.45) is 0.964. The molecule has 7 heteroatoms. The fourth-order valence-corrected chi connectivity index (χ4v) is 3.32. The quantitative estimate of drug-likeness (QED) is 0.565. The van der Waals surface area contributed by atoms with E-state index in [2.05, 4.69) is 19.1 Å². The van der Waals surface area contributed by atoms with Crippen LogP contribution in [0.4, 0.5) is 11.4 Å². The Kier molecular flexibility index (Phi) is 6.26. The molecule has 1 fully saturated rings. The van der Waals surface area contributed by atoms with E-state index in [0.29, 0.717) is 44.1 Å². The van der Waals surface area contributed by atoms with Gasteiger partial charge in [-0.15, -0.1) is 0 Å². The Balaban J connectivity index is 1.86. The van der Waals surface area contributed by atoms with Crippen molar-refractivity contribution in [2.24, 2.45) is 0 Å². The van der Waals surface area contributed by atoms with Crippen LogP contribution in [0.25, 0.3) is 0 Å². The van der Waals surface area contributed by atoms with Crippen LogP contribution in [-0.4, -0.2) is 49.1 Å². The standard InChI is InChI=1S/C21H25N3O4/c1-3-16-4-6-17(7-5-16)15-22(2)21(25)19-14-18(24(26)27)8-9-20(19)23-10-12-28-13-11-23/h4-9,14H,3,10-13,15H2,1-2H3. The minimum absolute atomic E-state index is 0.0824. The van der Waals surface area contributed by atoms with Crippen LogP contribution in [0.3, 0.4) is 0 Å². The molecule has 28 heavy (non-hydrogen) atoms. The number of carbonyl (C=O) groups excluding carboxylic acids is 1. The molecule has 1 aliphatic heterocycles. The largest absolute Gasteiger partial charge is 0.378 e. The minimum Gasteiger partial charge on any atom is -0.378 e. The van der Waals surface area contributed by atoms with E-state index in [0.717, 1.165) is 12.0 Å². The van der Waals surface area contributed by atoms with E-state index < -0.39 is 4.92 Å². The number of hydrogen-bond acceptors (Lipinski definition) is 5. The fourth-order valence-electron chi connectivity index (χ4n) is 3.32. The zero-order chi connectivity index (χ0) is 20.1. The van der Waals surface area contributed by atoms with Crippen LogP contribution in [0.1, 0.15) is 28.4 Å². The number of carbonyl (C=O) groups is 1. The molecule has 0 spiro atoms. The molecule has 0 saturated carbocycles. The van der Waals surface area contributed by atoms with Crippen LogP contribution in [0, 0.1) is 10.1 Å². The van der Waals surface area contributed by atoms with E-state index >= 15 is 0 Å². The molecule has 0 atom stereocenters. The maximum atomic E-state index is 13.2. The van der Waals surface area contributed by atoms with Gasteiger partial charge in [-0.05, 0) is 23.6 Å². The van der Waals surface area contributed by atoms with E-state index in [1.54, 1.807) is 18.0 Å². The van der Waals surface area contributed by atoms with Crippen molar-refractivity contribution in [3.63, 3.8) is 0 Å². The third kappa shape index (κ3) is 4.48. The summed E-state index contributed by atoms with van der Waals surface area (Å²) in [5, 5.41) is 11.2. The maximum Gasteiger partial charge on any atom is 0.270 e. The van der Waals surface area contributed by atoms with Gasteiger partial charge >= 0.3 is 0 Å². The SMILES string of the molecule is CCc1ccc(CN(C)C(=O)c2cc([N+](=O)[O-])ccc2N2CCOCC2)cc1. The molecule has 1 aliphatic rings. The third-order valence-corrected chi connectivity index (χ3v) is 4.97. The third-order valence-electron chi connectivity index (χ3n) is 4.97. The first kappa shape index (κ1) is 19.8. The lowest BCUT2D eigenvalue weighted by Crippen LogP contribution is -2.38. The normalized spacial score (nSPS) is 14.0. The van der Waals surface area contributed by atoms with Crippen LogP contribution in [0.2, 0.25) is 0 Å². The zero-order valence-electron chi connectivity index (χ0n) is 16.3. The highest BCUT2D eigenvalue weighted by Gasteiger charge is 2.24. The molecule has 0 bridgehead atoms. The molecule has 3 rings (SSSR count). The smallest absolute Gasteiger partial charge is 0.270 e. The van der Waals surface area contributed by atoms with Crippen molar-refractivity contribution in [1.29, 1.82) is 0 Å². The van der Waals surface area contributed by atoms with Crippen molar-refractivity contribution in [3.8, 4) is 0 Å². The van der Waals surface area contributed by atoms with Gasteiger partial charge in [-0.3, -0.25) is 14.9 Å². The number of benzene rings is 2. The number of hydrogen-bond donors (Lipinski definition) is 0. The van der Waals surface area contributed by atoms with Gasteiger partial charge in [0.25, 0.3) is 11.6 Å². The summed E-state index contributed by atoms with van der Waals surface area (Å²) in [5.41, 5.74) is 3.24. The van der Waals surface area contributed by atoms with Crippen LogP contribution in [0.15, 0.2) is 42.5 Å². The number of morpholine rings is 1. The molecule has 2 aromatic carbocycles. The number of nitro benzene ring substituents is 1. The van der Waals surface area contributed by atoms with E-state index in [9.17, 15) is 14.9 Å². The first-order valence-corrected chi connectivity index (χ1v) is 9.44. The maximum absolute atomic E-state index is 13.2. The van der Waals surface area contributed by atoms with Gasteiger partial charge in [-0.1, -0.05) is 31.2 Å². The average Bonchev–Trinajstić information content (AvgIpc) is 2.73. The second-order valence-electron chi connectivity index (χ2n) is 6.89. The monoisotopic (exact) mass is 383 g/mol. The van der Waals surface area contributed by atoms with Crippen LogP contribution >= 0.6 is 0 Å². The molecule has 148 valence electrons. The van der Waals surface area contributed by atoms with Crippen LogP contribution in [0.5, 0.6) is 0 Å². The number of non-ortho nitro benzene ring substituents is 1. The Hall–Kier alpha value is -2.93. The Morgan fingerprint density at radius 1 is 1.14 bits per heavy atom. The lowest BCUT2D eigenvalue weighted by atomic mass is 10.1. The summed E-state index contributed by atoms with van der Waals surface area (Å²) in [4.78, 5) is 27.6.